The standard InChI is InChI=1S/C15H27NS3/c1-4-5-6-7-8-9-10-11-12-13-14(17)19-15(18-13)16(2)3/h4-12H2,1-3H3. The average Bonchev–Trinajstić information content (AvgIpc) is 2.74. The summed E-state index contributed by atoms with van der Waals surface area (Å²) >= 11 is 7.20. The number of hydrogen-bond donors (Lipinski definition) is 0. The molecule has 0 N–H and O–H groups in total. The summed E-state index contributed by atoms with van der Waals surface area (Å²) in [4.78, 5) is 3.59. The van der Waals surface area contributed by atoms with E-state index in [2.05, 4.69) is 25.9 Å². The Morgan fingerprint density at radius 2 is 1.53 bits per heavy atom. The van der Waals surface area contributed by atoms with Crippen molar-refractivity contribution in [2.45, 2.75) is 64.7 Å². The zero-order chi connectivity index (χ0) is 14.1. The predicted molar refractivity (Wildman–Crippen MR) is 98.7 cm³/mol. The van der Waals surface area contributed by atoms with Gasteiger partial charge in [-0.2, -0.15) is 0 Å². The summed E-state index contributed by atoms with van der Waals surface area (Å²) in [5.74, 6) is 0. The van der Waals surface area contributed by atoms with Crippen molar-refractivity contribution < 1.29 is 0 Å². The van der Waals surface area contributed by atoms with Crippen LogP contribution in [0.2, 0.25) is 0 Å². The quantitative estimate of drug-likeness (QED) is 0.428. The first-order valence-corrected chi connectivity index (χ1v) is 9.49. The first kappa shape index (κ1) is 17.4. The smallest absolute Gasteiger partial charge is 0.111 e. The van der Waals surface area contributed by atoms with E-state index in [-0.39, 0.29) is 0 Å². The van der Waals surface area contributed by atoms with Crippen LogP contribution in [0.15, 0.2) is 0 Å². The number of rotatable bonds is 9. The van der Waals surface area contributed by atoms with Crippen LogP contribution in [0.5, 0.6) is 0 Å². The summed E-state index contributed by atoms with van der Waals surface area (Å²) in [6.45, 7) is 2.27. The summed E-state index contributed by atoms with van der Waals surface area (Å²) in [6.07, 6.45) is 12.2. The normalized spacial score (nSPS) is 15.5. The Bertz CT molecular complexity index is 354. The Morgan fingerprint density at radius 1 is 0.947 bits per heavy atom. The molecule has 0 bridgehead atoms. The fourth-order valence-corrected chi connectivity index (χ4v) is 4.93. The summed E-state index contributed by atoms with van der Waals surface area (Å²) in [6, 6.07) is 0. The first-order chi connectivity index (χ1) is 9.15. The maximum absolute atomic E-state index is 5.44. The Labute approximate surface area is 132 Å². The number of unbranched alkanes of at least 4 members (excludes halogenated alkanes) is 7. The van der Waals surface area contributed by atoms with E-state index in [1.165, 1.54) is 67.0 Å². The summed E-state index contributed by atoms with van der Waals surface area (Å²) in [5, 5.41) is 0. The van der Waals surface area contributed by atoms with Crippen molar-refractivity contribution in [1.29, 1.82) is 0 Å². The van der Waals surface area contributed by atoms with Gasteiger partial charge in [-0.3, -0.25) is 4.90 Å². The molecule has 0 aromatic rings. The van der Waals surface area contributed by atoms with Gasteiger partial charge in [-0.1, -0.05) is 75.8 Å². The van der Waals surface area contributed by atoms with Gasteiger partial charge in [0.25, 0.3) is 0 Å². The molecule has 0 spiro atoms. The van der Waals surface area contributed by atoms with Gasteiger partial charge < -0.3 is 0 Å². The highest BCUT2D eigenvalue weighted by atomic mass is 32.2. The summed E-state index contributed by atoms with van der Waals surface area (Å²) < 4.78 is 2.44. The second kappa shape index (κ2) is 10.1. The molecule has 0 fully saturated rings. The van der Waals surface area contributed by atoms with Gasteiger partial charge in [0, 0.05) is 4.86 Å². The van der Waals surface area contributed by atoms with E-state index >= 15 is 0 Å². The van der Waals surface area contributed by atoms with Crippen LogP contribution in [0, 0.1) is 0 Å². The minimum atomic E-state index is 1.11. The van der Waals surface area contributed by atoms with Gasteiger partial charge in [-0.25, -0.2) is 0 Å². The third kappa shape index (κ3) is 7.07. The van der Waals surface area contributed by atoms with Crippen LogP contribution in [0.4, 0.5) is 0 Å². The molecule has 0 amide bonds. The first-order valence-electron chi connectivity index (χ1n) is 7.45. The molecule has 0 aromatic heterocycles. The minimum absolute atomic E-state index is 1.11. The lowest BCUT2D eigenvalue weighted by atomic mass is 10.1. The van der Waals surface area contributed by atoms with Crippen molar-refractivity contribution in [1.82, 2.24) is 4.90 Å². The monoisotopic (exact) mass is 317 g/mol. The van der Waals surface area contributed by atoms with E-state index in [0.29, 0.717) is 0 Å². The van der Waals surface area contributed by atoms with Crippen LogP contribution in [0.3, 0.4) is 0 Å². The van der Waals surface area contributed by atoms with Gasteiger partial charge in [-0.05, 0) is 26.9 Å². The highest BCUT2D eigenvalue weighted by molar-refractivity contribution is 8.46. The number of hydrogen-bond acceptors (Lipinski definition) is 3. The zero-order valence-electron chi connectivity index (χ0n) is 12.5. The lowest BCUT2D eigenvalue weighted by Crippen LogP contribution is -2.16. The Kier molecular flexibility index (Phi) is 9.29. The molecule has 0 radical (unpaired) electrons. The molecule has 4 heteroatoms. The number of thioether (sulfide) groups is 1. The molecule has 0 atom stereocenters. The van der Waals surface area contributed by atoms with Crippen molar-refractivity contribution >= 4 is 48.3 Å². The third-order valence-electron chi connectivity index (χ3n) is 3.24. The SMILES string of the molecule is CCCCCCCCCCC1=S=C(N(C)C)SC1=S. The van der Waals surface area contributed by atoms with Crippen molar-refractivity contribution in [3.63, 3.8) is 0 Å². The van der Waals surface area contributed by atoms with E-state index in [9.17, 15) is 0 Å². The molecule has 0 saturated carbocycles. The minimum Gasteiger partial charge on any atom is -0.267 e. The molecule has 0 aromatic carbocycles. The van der Waals surface area contributed by atoms with Gasteiger partial charge in [0.05, 0.1) is 4.20 Å². The highest BCUT2D eigenvalue weighted by Gasteiger charge is 2.16. The molecule has 0 saturated heterocycles. The van der Waals surface area contributed by atoms with Crippen LogP contribution in [0.25, 0.3) is 0 Å². The largest absolute Gasteiger partial charge is 0.267 e. The van der Waals surface area contributed by atoms with Crippen LogP contribution < -0.4 is 0 Å². The highest BCUT2D eigenvalue weighted by Crippen LogP contribution is 2.23. The predicted octanol–water partition coefficient (Wildman–Crippen LogP) is 5.15. The van der Waals surface area contributed by atoms with Crippen molar-refractivity contribution in [2.24, 2.45) is 0 Å². The molecule has 110 valence electrons. The second-order valence-corrected chi connectivity index (χ2v) is 8.31. The van der Waals surface area contributed by atoms with E-state index in [4.69, 9.17) is 12.2 Å². The van der Waals surface area contributed by atoms with Crippen LogP contribution in [0.1, 0.15) is 64.7 Å². The molecule has 19 heavy (non-hydrogen) atoms. The third-order valence-corrected chi connectivity index (χ3v) is 6.66. The van der Waals surface area contributed by atoms with Crippen LogP contribution in [-0.2, 0) is 0 Å². The molecular weight excluding hydrogens is 290 g/mol. The fraction of sp³-hybridized carbons (Fsp3) is 0.800. The van der Waals surface area contributed by atoms with Gasteiger partial charge >= 0.3 is 0 Å². The molecule has 0 unspecified atom stereocenters. The maximum atomic E-state index is 5.44. The van der Waals surface area contributed by atoms with Gasteiger partial charge in [-0.15, -0.1) is 10.9 Å². The maximum Gasteiger partial charge on any atom is 0.111 e. The molecule has 1 nitrogen and oxygen atoms in total. The van der Waals surface area contributed by atoms with E-state index in [1.807, 2.05) is 10.9 Å². The molecule has 1 aliphatic rings. The van der Waals surface area contributed by atoms with Crippen molar-refractivity contribution in [2.75, 3.05) is 14.1 Å². The molecule has 1 heterocycles. The molecule has 1 rings (SSSR count). The lowest BCUT2D eigenvalue weighted by Gasteiger charge is -2.06. The van der Waals surface area contributed by atoms with E-state index < -0.39 is 0 Å². The molecular formula is C15H27NS3. The van der Waals surface area contributed by atoms with Gasteiger partial charge in [0.1, 0.15) is 4.32 Å². The van der Waals surface area contributed by atoms with Gasteiger partial charge in [0.15, 0.2) is 0 Å². The average molecular weight is 318 g/mol. The summed E-state index contributed by atoms with van der Waals surface area (Å²) in [7, 11) is 6.07. The lowest BCUT2D eigenvalue weighted by molar-refractivity contribution is 0.581. The van der Waals surface area contributed by atoms with Crippen molar-refractivity contribution in [3.05, 3.63) is 0 Å². The van der Waals surface area contributed by atoms with E-state index in [0.717, 1.165) is 4.20 Å². The Hall–Kier alpha value is 0.360. The van der Waals surface area contributed by atoms with Gasteiger partial charge in [0.2, 0.25) is 0 Å². The summed E-state index contributed by atoms with van der Waals surface area (Å²) in [5.41, 5.74) is 0. The topological polar surface area (TPSA) is 3.24 Å². The molecule has 0 aliphatic carbocycles. The Balaban J connectivity index is 2.12. The number of thiocarbonyl (C=S) groups is 1. The number of nitrogens with zero attached hydrogens (tertiary/aromatic N) is 1. The fourth-order valence-electron chi connectivity index (χ4n) is 2.06. The van der Waals surface area contributed by atoms with Crippen LogP contribution >= 0.6 is 34.9 Å². The van der Waals surface area contributed by atoms with E-state index in [1.54, 1.807) is 11.8 Å². The second-order valence-electron chi connectivity index (χ2n) is 5.30. The Morgan fingerprint density at radius 3 is 2.05 bits per heavy atom. The van der Waals surface area contributed by atoms with Crippen LogP contribution in [-0.4, -0.2) is 32.4 Å². The zero-order valence-corrected chi connectivity index (χ0v) is 15.0. The van der Waals surface area contributed by atoms with Crippen molar-refractivity contribution in [3.8, 4) is 0 Å². The molecule has 1 aliphatic heterocycles.